The molecule has 2 rings (SSSR count). The van der Waals surface area contributed by atoms with Crippen molar-refractivity contribution in [3.8, 4) is 0 Å². The van der Waals surface area contributed by atoms with E-state index in [0.717, 1.165) is 23.7 Å². The molecule has 1 aromatic rings. The first-order chi connectivity index (χ1) is 8.15. The van der Waals surface area contributed by atoms with Gasteiger partial charge in [0.2, 0.25) is 0 Å². The predicted octanol–water partition coefficient (Wildman–Crippen LogP) is 2.95. The van der Waals surface area contributed by atoms with Crippen LogP contribution in [-0.4, -0.2) is 12.1 Å². The Hall–Kier alpha value is -0.450. The van der Waals surface area contributed by atoms with E-state index in [4.69, 9.17) is 5.73 Å². The van der Waals surface area contributed by atoms with E-state index >= 15 is 0 Å². The van der Waals surface area contributed by atoms with Crippen LogP contribution in [0, 0.1) is 5.82 Å². The van der Waals surface area contributed by atoms with Crippen LogP contribution in [0.4, 0.5) is 4.39 Å². The van der Waals surface area contributed by atoms with E-state index in [1.165, 1.54) is 12.5 Å². The minimum absolute atomic E-state index is 0.152. The number of nitrogens with one attached hydrogen (secondary N) is 1. The van der Waals surface area contributed by atoms with E-state index in [0.29, 0.717) is 24.2 Å². The van der Waals surface area contributed by atoms with Gasteiger partial charge in [-0.1, -0.05) is 22.4 Å². The average molecular weight is 301 g/mol. The number of hydrogen-bond acceptors (Lipinski definition) is 2. The standard InChI is InChI=1S/C13H18BrFN2/c14-10-4-5-13(15)9(6-10)8-17-12-3-1-2-11(16)7-12/h4-6,11-12,17H,1-3,7-8,16H2. The zero-order valence-corrected chi connectivity index (χ0v) is 11.3. The first kappa shape index (κ1) is 13.0. The molecule has 1 saturated carbocycles. The van der Waals surface area contributed by atoms with E-state index in [2.05, 4.69) is 21.2 Å². The molecule has 94 valence electrons. The molecular weight excluding hydrogens is 283 g/mol. The van der Waals surface area contributed by atoms with Crippen LogP contribution in [0.1, 0.15) is 31.2 Å². The van der Waals surface area contributed by atoms with Crippen molar-refractivity contribution in [2.24, 2.45) is 5.73 Å². The third kappa shape index (κ3) is 3.76. The van der Waals surface area contributed by atoms with Crippen LogP contribution in [0.15, 0.2) is 22.7 Å². The van der Waals surface area contributed by atoms with Gasteiger partial charge in [0.25, 0.3) is 0 Å². The smallest absolute Gasteiger partial charge is 0.127 e. The van der Waals surface area contributed by atoms with Gasteiger partial charge in [-0.2, -0.15) is 0 Å². The molecule has 0 aliphatic heterocycles. The summed E-state index contributed by atoms with van der Waals surface area (Å²) in [5, 5.41) is 3.40. The minimum Gasteiger partial charge on any atom is -0.328 e. The summed E-state index contributed by atoms with van der Waals surface area (Å²) in [6, 6.07) is 5.76. The SMILES string of the molecule is NC1CCCC(NCc2cc(Br)ccc2F)C1. The third-order valence-electron chi connectivity index (χ3n) is 3.30. The van der Waals surface area contributed by atoms with Gasteiger partial charge in [0, 0.05) is 28.7 Å². The van der Waals surface area contributed by atoms with Gasteiger partial charge < -0.3 is 11.1 Å². The zero-order valence-electron chi connectivity index (χ0n) is 9.76. The lowest BCUT2D eigenvalue weighted by Crippen LogP contribution is -2.39. The minimum atomic E-state index is -0.152. The van der Waals surface area contributed by atoms with Crippen molar-refractivity contribution >= 4 is 15.9 Å². The summed E-state index contributed by atoms with van der Waals surface area (Å²) in [6.07, 6.45) is 4.42. The second kappa shape index (κ2) is 5.94. The quantitative estimate of drug-likeness (QED) is 0.901. The van der Waals surface area contributed by atoms with Gasteiger partial charge in [-0.3, -0.25) is 0 Å². The van der Waals surface area contributed by atoms with Crippen molar-refractivity contribution in [3.63, 3.8) is 0 Å². The second-order valence-electron chi connectivity index (χ2n) is 4.74. The summed E-state index contributed by atoms with van der Waals surface area (Å²) in [5.74, 6) is -0.152. The highest BCUT2D eigenvalue weighted by Crippen LogP contribution is 2.19. The first-order valence-electron chi connectivity index (χ1n) is 6.08. The summed E-state index contributed by atoms with van der Waals surface area (Å²) in [5.41, 5.74) is 6.63. The maximum absolute atomic E-state index is 13.5. The normalized spacial score (nSPS) is 24.9. The lowest BCUT2D eigenvalue weighted by Gasteiger charge is -2.27. The Morgan fingerprint density at radius 1 is 1.41 bits per heavy atom. The molecule has 0 spiro atoms. The first-order valence-corrected chi connectivity index (χ1v) is 6.87. The summed E-state index contributed by atoms with van der Waals surface area (Å²) in [7, 11) is 0. The largest absolute Gasteiger partial charge is 0.328 e. The van der Waals surface area contributed by atoms with Gasteiger partial charge in [0.05, 0.1) is 0 Å². The molecule has 1 aliphatic rings. The fraction of sp³-hybridized carbons (Fsp3) is 0.538. The van der Waals surface area contributed by atoms with E-state index < -0.39 is 0 Å². The maximum atomic E-state index is 13.5. The molecule has 1 aromatic carbocycles. The lowest BCUT2D eigenvalue weighted by molar-refractivity contribution is 0.337. The van der Waals surface area contributed by atoms with Crippen molar-refractivity contribution in [2.75, 3.05) is 0 Å². The molecular formula is C13H18BrFN2. The van der Waals surface area contributed by atoms with Gasteiger partial charge in [-0.05, 0) is 37.5 Å². The summed E-state index contributed by atoms with van der Waals surface area (Å²) in [4.78, 5) is 0. The molecule has 2 atom stereocenters. The van der Waals surface area contributed by atoms with Crippen LogP contribution < -0.4 is 11.1 Å². The van der Waals surface area contributed by atoms with Gasteiger partial charge in [-0.15, -0.1) is 0 Å². The van der Waals surface area contributed by atoms with Gasteiger partial charge in [-0.25, -0.2) is 4.39 Å². The number of hydrogen-bond donors (Lipinski definition) is 2. The average Bonchev–Trinajstić information content (AvgIpc) is 2.30. The summed E-state index contributed by atoms with van der Waals surface area (Å²) < 4.78 is 14.4. The number of rotatable bonds is 3. The Morgan fingerprint density at radius 2 is 2.24 bits per heavy atom. The molecule has 2 unspecified atom stereocenters. The Morgan fingerprint density at radius 3 is 3.00 bits per heavy atom. The summed E-state index contributed by atoms with van der Waals surface area (Å²) >= 11 is 3.36. The Balaban J connectivity index is 1.90. The molecule has 17 heavy (non-hydrogen) atoms. The highest BCUT2D eigenvalue weighted by Gasteiger charge is 2.18. The van der Waals surface area contributed by atoms with E-state index in [1.807, 2.05) is 6.07 Å². The number of halogens is 2. The van der Waals surface area contributed by atoms with Gasteiger partial charge in [0.15, 0.2) is 0 Å². The van der Waals surface area contributed by atoms with E-state index in [9.17, 15) is 4.39 Å². The zero-order chi connectivity index (χ0) is 12.3. The molecule has 1 aliphatic carbocycles. The fourth-order valence-corrected chi connectivity index (χ4v) is 2.75. The fourth-order valence-electron chi connectivity index (χ4n) is 2.35. The van der Waals surface area contributed by atoms with Crippen molar-refractivity contribution in [2.45, 2.75) is 44.3 Å². The highest BCUT2D eigenvalue weighted by molar-refractivity contribution is 9.10. The monoisotopic (exact) mass is 300 g/mol. The Bertz CT molecular complexity index is 384. The van der Waals surface area contributed by atoms with Crippen molar-refractivity contribution in [1.29, 1.82) is 0 Å². The van der Waals surface area contributed by atoms with Crippen molar-refractivity contribution in [3.05, 3.63) is 34.1 Å². The van der Waals surface area contributed by atoms with Crippen LogP contribution >= 0.6 is 15.9 Å². The van der Waals surface area contributed by atoms with Gasteiger partial charge in [0.1, 0.15) is 5.82 Å². The van der Waals surface area contributed by atoms with Crippen molar-refractivity contribution in [1.82, 2.24) is 5.32 Å². The molecule has 1 fully saturated rings. The van der Waals surface area contributed by atoms with Crippen LogP contribution in [0.2, 0.25) is 0 Å². The topological polar surface area (TPSA) is 38.0 Å². The lowest BCUT2D eigenvalue weighted by atomic mass is 9.91. The molecule has 0 heterocycles. The summed E-state index contributed by atoms with van der Waals surface area (Å²) in [6.45, 7) is 0.572. The van der Waals surface area contributed by atoms with Crippen LogP contribution in [0.5, 0.6) is 0 Å². The van der Waals surface area contributed by atoms with E-state index in [-0.39, 0.29) is 5.82 Å². The molecule has 4 heteroatoms. The van der Waals surface area contributed by atoms with Gasteiger partial charge >= 0.3 is 0 Å². The third-order valence-corrected chi connectivity index (χ3v) is 3.80. The molecule has 0 amide bonds. The predicted molar refractivity (Wildman–Crippen MR) is 71.2 cm³/mol. The molecule has 3 N–H and O–H groups in total. The number of nitrogens with two attached hydrogens (primary N) is 1. The molecule has 2 nitrogen and oxygen atoms in total. The molecule has 0 aromatic heterocycles. The maximum Gasteiger partial charge on any atom is 0.127 e. The van der Waals surface area contributed by atoms with Crippen LogP contribution in [0.25, 0.3) is 0 Å². The molecule has 0 radical (unpaired) electrons. The van der Waals surface area contributed by atoms with Crippen LogP contribution in [-0.2, 0) is 6.54 Å². The van der Waals surface area contributed by atoms with Crippen molar-refractivity contribution < 1.29 is 4.39 Å². The Labute approximate surface area is 110 Å². The molecule has 0 saturated heterocycles. The van der Waals surface area contributed by atoms with E-state index in [1.54, 1.807) is 6.07 Å². The van der Waals surface area contributed by atoms with Crippen LogP contribution in [0.3, 0.4) is 0 Å². The second-order valence-corrected chi connectivity index (χ2v) is 5.66. The molecule has 0 bridgehead atoms. The Kier molecular flexibility index (Phi) is 4.54. The highest BCUT2D eigenvalue weighted by atomic mass is 79.9. The number of benzene rings is 1.